The van der Waals surface area contributed by atoms with Crippen LogP contribution < -0.4 is 4.74 Å². The third kappa shape index (κ3) is 3.10. The number of rotatable bonds is 6. The molecule has 1 aromatic carbocycles. The molecular weight excluding hydrogens is 302 g/mol. The molecule has 116 valence electrons. The molecule has 1 saturated heterocycles. The van der Waals surface area contributed by atoms with Crippen molar-refractivity contribution in [2.75, 3.05) is 19.7 Å². The predicted octanol–water partition coefficient (Wildman–Crippen LogP) is 3.17. The first-order chi connectivity index (χ1) is 10.7. The molecule has 1 aliphatic heterocycles. The molecule has 0 bridgehead atoms. The van der Waals surface area contributed by atoms with Crippen LogP contribution in [-0.2, 0) is 0 Å². The van der Waals surface area contributed by atoms with Crippen LogP contribution >= 0.6 is 11.6 Å². The Hall–Kier alpha value is -1.59. The lowest BCUT2D eigenvalue weighted by atomic mass is 10.2. The molecule has 2 aromatic rings. The number of aryl methyl sites for hydroxylation is 1. The van der Waals surface area contributed by atoms with Gasteiger partial charge >= 0.3 is 0 Å². The molecule has 2 heterocycles. The highest BCUT2D eigenvalue weighted by atomic mass is 35.5. The van der Waals surface area contributed by atoms with Crippen LogP contribution in [0.1, 0.15) is 18.7 Å². The smallest absolute Gasteiger partial charge is 0.261 e. The zero-order chi connectivity index (χ0) is 15.1. The van der Waals surface area contributed by atoms with Crippen molar-refractivity contribution in [3.8, 4) is 17.2 Å². The van der Waals surface area contributed by atoms with Gasteiger partial charge < -0.3 is 9.26 Å². The van der Waals surface area contributed by atoms with E-state index in [1.54, 1.807) is 13.0 Å². The molecule has 0 N–H and O–H groups in total. The fourth-order valence-electron chi connectivity index (χ4n) is 2.62. The van der Waals surface area contributed by atoms with Crippen molar-refractivity contribution in [3.05, 3.63) is 29.0 Å². The van der Waals surface area contributed by atoms with E-state index in [4.69, 9.17) is 20.9 Å². The number of hydrogen-bond donors (Lipinski definition) is 0. The highest BCUT2D eigenvalue weighted by Gasteiger charge is 2.38. The average Bonchev–Trinajstić information content (AvgIpc) is 3.41. The largest absolute Gasteiger partial charge is 0.491 e. The Bertz CT molecular complexity index is 684. The van der Waals surface area contributed by atoms with Crippen LogP contribution in [0.4, 0.5) is 0 Å². The molecule has 1 saturated carbocycles. The monoisotopic (exact) mass is 319 g/mol. The zero-order valence-corrected chi connectivity index (χ0v) is 13.2. The Kier molecular flexibility index (Phi) is 3.54. The van der Waals surface area contributed by atoms with Gasteiger partial charge in [0.25, 0.3) is 5.89 Å². The van der Waals surface area contributed by atoms with Gasteiger partial charge in [-0.1, -0.05) is 16.8 Å². The summed E-state index contributed by atoms with van der Waals surface area (Å²) in [5.74, 6) is 2.71. The number of halogens is 1. The van der Waals surface area contributed by atoms with Gasteiger partial charge in [-0.2, -0.15) is 4.98 Å². The minimum atomic E-state index is 0.445. The number of ether oxygens (including phenoxy) is 1. The first kappa shape index (κ1) is 14.0. The van der Waals surface area contributed by atoms with E-state index >= 15 is 0 Å². The average molecular weight is 320 g/mol. The summed E-state index contributed by atoms with van der Waals surface area (Å²) in [7, 11) is 0. The van der Waals surface area contributed by atoms with Crippen molar-refractivity contribution in [2.45, 2.75) is 25.8 Å². The van der Waals surface area contributed by atoms with Crippen molar-refractivity contribution < 1.29 is 9.26 Å². The second-order valence-electron chi connectivity index (χ2n) is 6.15. The van der Waals surface area contributed by atoms with Crippen LogP contribution in [0.3, 0.4) is 0 Å². The van der Waals surface area contributed by atoms with E-state index in [9.17, 15) is 0 Å². The summed E-state index contributed by atoms with van der Waals surface area (Å²) < 4.78 is 11.2. The molecule has 22 heavy (non-hydrogen) atoms. The zero-order valence-electron chi connectivity index (χ0n) is 12.5. The molecule has 1 aromatic heterocycles. The maximum Gasteiger partial charge on any atom is 0.261 e. The van der Waals surface area contributed by atoms with Crippen LogP contribution in [0, 0.1) is 12.8 Å². The standard InChI is InChI=1S/C16H18ClN3O2/c1-10-18-16(22-19-10)14-6-12(17)4-5-15(14)21-9-13-8-20(13)7-11-2-3-11/h4-6,11,13H,2-3,7-9H2,1H3. The lowest BCUT2D eigenvalue weighted by Gasteiger charge is -2.10. The number of benzene rings is 1. The first-order valence-electron chi connectivity index (χ1n) is 7.66. The summed E-state index contributed by atoms with van der Waals surface area (Å²) >= 11 is 6.08. The highest BCUT2D eigenvalue weighted by molar-refractivity contribution is 6.30. The fourth-order valence-corrected chi connectivity index (χ4v) is 2.80. The summed E-state index contributed by atoms with van der Waals surface area (Å²) in [6.07, 6.45) is 2.78. The Morgan fingerprint density at radius 2 is 2.27 bits per heavy atom. The molecule has 4 rings (SSSR count). The molecule has 0 spiro atoms. The van der Waals surface area contributed by atoms with Gasteiger partial charge in [0.15, 0.2) is 5.82 Å². The van der Waals surface area contributed by atoms with E-state index in [-0.39, 0.29) is 0 Å². The lowest BCUT2D eigenvalue weighted by molar-refractivity contribution is 0.292. The van der Waals surface area contributed by atoms with Crippen LogP contribution in [0.2, 0.25) is 5.02 Å². The van der Waals surface area contributed by atoms with E-state index in [0.29, 0.717) is 29.4 Å². The summed E-state index contributed by atoms with van der Waals surface area (Å²) in [4.78, 5) is 6.74. The first-order valence-corrected chi connectivity index (χ1v) is 8.04. The molecule has 6 heteroatoms. The van der Waals surface area contributed by atoms with E-state index in [1.165, 1.54) is 19.4 Å². The Labute approximate surface area is 134 Å². The summed E-state index contributed by atoms with van der Waals surface area (Å²) in [6.45, 7) is 4.84. The van der Waals surface area contributed by atoms with Crippen molar-refractivity contribution in [2.24, 2.45) is 5.92 Å². The van der Waals surface area contributed by atoms with Gasteiger partial charge in [0, 0.05) is 18.1 Å². The van der Waals surface area contributed by atoms with Gasteiger partial charge in [-0.05, 0) is 43.9 Å². The molecule has 2 fully saturated rings. The third-order valence-corrected chi connectivity index (χ3v) is 4.38. The summed E-state index contributed by atoms with van der Waals surface area (Å²) in [6, 6.07) is 6.02. The van der Waals surface area contributed by atoms with Crippen LogP contribution in [0.5, 0.6) is 5.75 Å². The van der Waals surface area contributed by atoms with Gasteiger partial charge in [-0.15, -0.1) is 0 Å². The molecule has 0 radical (unpaired) electrons. The molecular formula is C16H18ClN3O2. The van der Waals surface area contributed by atoms with E-state index < -0.39 is 0 Å². The number of aromatic nitrogens is 2. The molecule has 1 aliphatic carbocycles. The van der Waals surface area contributed by atoms with E-state index in [0.717, 1.165) is 23.8 Å². The quantitative estimate of drug-likeness (QED) is 0.765. The molecule has 2 atom stereocenters. The molecule has 5 nitrogen and oxygen atoms in total. The Balaban J connectivity index is 1.44. The van der Waals surface area contributed by atoms with Crippen molar-refractivity contribution in [1.82, 2.24) is 15.0 Å². The molecule has 2 aliphatic rings. The third-order valence-electron chi connectivity index (χ3n) is 4.15. The maximum absolute atomic E-state index is 6.08. The minimum Gasteiger partial charge on any atom is -0.491 e. The highest BCUT2D eigenvalue weighted by Crippen LogP contribution is 2.35. The number of hydrogen-bond acceptors (Lipinski definition) is 5. The van der Waals surface area contributed by atoms with Gasteiger partial charge in [-0.25, -0.2) is 0 Å². The van der Waals surface area contributed by atoms with Gasteiger partial charge in [-0.3, -0.25) is 4.90 Å². The van der Waals surface area contributed by atoms with Crippen LogP contribution in [0.25, 0.3) is 11.5 Å². The molecule has 0 amide bonds. The van der Waals surface area contributed by atoms with Crippen LogP contribution in [0.15, 0.2) is 22.7 Å². The normalized spacial score (nSPS) is 23.5. The number of nitrogens with zero attached hydrogens (tertiary/aromatic N) is 3. The lowest BCUT2D eigenvalue weighted by Crippen LogP contribution is -2.13. The fraction of sp³-hybridized carbons (Fsp3) is 0.500. The summed E-state index contributed by atoms with van der Waals surface area (Å²) in [5, 5.41) is 4.46. The minimum absolute atomic E-state index is 0.445. The van der Waals surface area contributed by atoms with Gasteiger partial charge in [0.2, 0.25) is 0 Å². The Morgan fingerprint density at radius 3 is 3.00 bits per heavy atom. The molecule has 2 unspecified atom stereocenters. The van der Waals surface area contributed by atoms with Crippen molar-refractivity contribution >= 4 is 11.6 Å². The van der Waals surface area contributed by atoms with Gasteiger partial charge in [0.1, 0.15) is 12.4 Å². The summed E-state index contributed by atoms with van der Waals surface area (Å²) in [5.41, 5.74) is 0.752. The van der Waals surface area contributed by atoms with Gasteiger partial charge in [0.05, 0.1) is 11.6 Å². The predicted molar refractivity (Wildman–Crippen MR) is 83.1 cm³/mol. The second-order valence-corrected chi connectivity index (χ2v) is 6.59. The van der Waals surface area contributed by atoms with Crippen molar-refractivity contribution in [3.63, 3.8) is 0 Å². The van der Waals surface area contributed by atoms with Crippen molar-refractivity contribution in [1.29, 1.82) is 0 Å². The maximum atomic E-state index is 6.08. The topological polar surface area (TPSA) is 51.2 Å². The Morgan fingerprint density at radius 1 is 1.41 bits per heavy atom. The van der Waals surface area contributed by atoms with Crippen LogP contribution in [-0.4, -0.2) is 40.8 Å². The second kappa shape index (κ2) is 5.56. The SMILES string of the molecule is Cc1noc(-c2cc(Cl)ccc2OCC2CN2CC2CC2)n1. The van der Waals surface area contributed by atoms with E-state index in [1.807, 2.05) is 12.1 Å². The van der Waals surface area contributed by atoms with E-state index in [2.05, 4.69) is 15.0 Å².